The van der Waals surface area contributed by atoms with E-state index in [-0.39, 0.29) is 16.7 Å². The van der Waals surface area contributed by atoms with Gasteiger partial charge in [0.2, 0.25) is 0 Å². The highest BCUT2D eigenvalue weighted by Gasteiger charge is 2.31. The lowest BCUT2D eigenvalue weighted by molar-refractivity contribution is -0.137. The summed E-state index contributed by atoms with van der Waals surface area (Å²) in [5.74, 6) is -0.791. The molecule has 0 aliphatic carbocycles. The Hall–Kier alpha value is -1.89. The molecule has 0 aliphatic rings. The number of nitrogens with zero attached hydrogens (tertiary/aromatic N) is 2. The minimum absolute atomic E-state index is 0.0392. The quantitative estimate of drug-likeness (QED) is 0.849. The first-order valence-corrected chi connectivity index (χ1v) is 5.35. The molecule has 2 rings (SSSR count). The molecule has 0 radical (unpaired) electrons. The van der Waals surface area contributed by atoms with Crippen molar-refractivity contribution in [3.05, 3.63) is 47.1 Å². The second-order valence-electron chi connectivity index (χ2n) is 3.54. The van der Waals surface area contributed by atoms with E-state index in [9.17, 15) is 17.6 Å². The third-order valence-corrected chi connectivity index (χ3v) is 2.34. The zero-order chi connectivity index (χ0) is 14.0. The van der Waals surface area contributed by atoms with Gasteiger partial charge in [0.1, 0.15) is 11.0 Å². The first-order valence-electron chi connectivity index (χ1n) is 4.97. The molecule has 1 aromatic carbocycles. The van der Waals surface area contributed by atoms with Crippen LogP contribution in [0.15, 0.2) is 30.6 Å². The molecule has 1 N–H and O–H groups in total. The van der Waals surface area contributed by atoms with Crippen molar-refractivity contribution in [2.24, 2.45) is 0 Å². The lowest BCUT2D eigenvalue weighted by Crippen LogP contribution is -2.06. The Morgan fingerprint density at radius 1 is 1.16 bits per heavy atom. The number of nitrogens with one attached hydrogen (secondary N) is 1. The minimum atomic E-state index is -4.55. The number of rotatable bonds is 2. The number of halogens is 5. The normalized spacial score (nSPS) is 11.4. The van der Waals surface area contributed by atoms with Crippen LogP contribution in [0.3, 0.4) is 0 Å². The Bertz CT molecular complexity index is 601. The molecule has 0 saturated heterocycles. The second-order valence-corrected chi connectivity index (χ2v) is 3.93. The molecule has 100 valence electrons. The number of hydrogen-bond acceptors (Lipinski definition) is 3. The number of benzene rings is 1. The molecule has 2 aromatic rings. The molecule has 0 unspecified atom stereocenters. The smallest absolute Gasteiger partial charge is 0.336 e. The Morgan fingerprint density at radius 2 is 1.89 bits per heavy atom. The second kappa shape index (κ2) is 5.00. The van der Waals surface area contributed by atoms with E-state index in [2.05, 4.69) is 15.3 Å². The van der Waals surface area contributed by atoms with Gasteiger partial charge in [-0.05, 0) is 18.2 Å². The number of hydrogen-bond donors (Lipinski definition) is 1. The van der Waals surface area contributed by atoms with Gasteiger partial charge in [0.25, 0.3) is 0 Å². The Labute approximate surface area is 110 Å². The SMILES string of the molecule is Fc1ccc(C(F)(F)F)cc1Nc1cncc(Cl)n1. The molecule has 0 saturated carbocycles. The fraction of sp³-hybridized carbons (Fsp3) is 0.0909. The van der Waals surface area contributed by atoms with E-state index in [0.717, 1.165) is 6.07 Å². The predicted octanol–water partition coefficient (Wildman–Crippen LogP) is 4.03. The van der Waals surface area contributed by atoms with Gasteiger partial charge in [-0.3, -0.25) is 4.98 Å². The first-order chi connectivity index (χ1) is 8.86. The van der Waals surface area contributed by atoms with Crippen LogP contribution in [-0.2, 0) is 6.18 Å². The maximum absolute atomic E-state index is 13.4. The molecule has 0 aliphatic heterocycles. The summed E-state index contributed by atoms with van der Waals surface area (Å²) in [5.41, 5.74) is -1.32. The maximum atomic E-state index is 13.4. The monoisotopic (exact) mass is 291 g/mol. The van der Waals surface area contributed by atoms with Gasteiger partial charge >= 0.3 is 6.18 Å². The number of aromatic nitrogens is 2. The highest BCUT2D eigenvalue weighted by Crippen LogP contribution is 2.32. The van der Waals surface area contributed by atoms with Crippen molar-refractivity contribution in [1.29, 1.82) is 0 Å². The zero-order valence-electron chi connectivity index (χ0n) is 9.17. The van der Waals surface area contributed by atoms with Crippen LogP contribution in [0.4, 0.5) is 29.1 Å². The lowest BCUT2D eigenvalue weighted by Gasteiger charge is -2.11. The van der Waals surface area contributed by atoms with Gasteiger partial charge in [-0.15, -0.1) is 0 Å². The summed E-state index contributed by atoms with van der Waals surface area (Å²) in [6, 6.07) is 2.03. The Kier molecular flexibility index (Phi) is 3.57. The molecule has 0 bridgehead atoms. The molecule has 0 atom stereocenters. The van der Waals surface area contributed by atoms with E-state index in [0.29, 0.717) is 12.1 Å². The van der Waals surface area contributed by atoms with Gasteiger partial charge in [0, 0.05) is 0 Å². The lowest BCUT2D eigenvalue weighted by atomic mass is 10.2. The van der Waals surface area contributed by atoms with Crippen LogP contribution < -0.4 is 5.32 Å². The largest absolute Gasteiger partial charge is 0.416 e. The van der Waals surface area contributed by atoms with Gasteiger partial charge in [-0.25, -0.2) is 9.37 Å². The van der Waals surface area contributed by atoms with E-state index in [4.69, 9.17) is 11.6 Å². The van der Waals surface area contributed by atoms with Crippen molar-refractivity contribution >= 4 is 23.1 Å². The molecular formula is C11H6ClF4N3. The summed E-state index contributed by atoms with van der Waals surface area (Å²) in [5, 5.41) is 2.43. The summed E-state index contributed by atoms with van der Waals surface area (Å²) in [4.78, 5) is 7.42. The molecule has 8 heteroatoms. The topological polar surface area (TPSA) is 37.8 Å². The highest BCUT2D eigenvalue weighted by molar-refractivity contribution is 6.29. The Morgan fingerprint density at radius 3 is 2.53 bits per heavy atom. The molecule has 0 spiro atoms. The van der Waals surface area contributed by atoms with E-state index < -0.39 is 17.6 Å². The van der Waals surface area contributed by atoms with Gasteiger partial charge in [0.05, 0.1) is 23.6 Å². The van der Waals surface area contributed by atoms with Gasteiger partial charge < -0.3 is 5.32 Å². The summed E-state index contributed by atoms with van der Waals surface area (Å²) in [6.07, 6.45) is -2.09. The van der Waals surface area contributed by atoms with Crippen LogP contribution in [0, 0.1) is 5.82 Å². The molecule has 19 heavy (non-hydrogen) atoms. The third kappa shape index (κ3) is 3.31. The van der Waals surface area contributed by atoms with Crippen LogP contribution in [0.25, 0.3) is 0 Å². The first kappa shape index (κ1) is 13.5. The minimum Gasteiger partial charge on any atom is -0.336 e. The van der Waals surface area contributed by atoms with Crippen molar-refractivity contribution in [1.82, 2.24) is 9.97 Å². The average molecular weight is 292 g/mol. The van der Waals surface area contributed by atoms with Crippen molar-refractivity contribution in [2.45, 2.75) is 6.18 Å². The van der Waals surface area contributed by atoms with Crippen LogP contribution in [0.5, 0.6) is 0 Å². The van der Waals surface area contributed by atoms with E-state index in [1.807, 2.05) is 0 Å². The van der Waals surface area contributed by atoms with Crippen molar-refractivity contribution < 1.29 is 17.6 Å². The van der Waals surface area contributed by atoms with E-state index in [1.165, 1.54) is 12.4 Å². The van der Waals surface area contributed by atoms with Gasteiger partial charge in [0.15, 0.2) is 5.82 Å². The molecule has 0 fully saturated rings. The van der Waals surface area contributed by atoms with E-state index in [1.54, 1.807) is 0 Å². The maximum Gasteiger partial charge on any atom is 0.416 e. The van der Waals surface area contributed by atoms with Crippen LogP contribution >= 0.6 is 11.6 Å². The third-order valence-electron chi connectivity index (χ3n) is 2.16. The fourth-order valence-corrected chi connectivity index (χ4v) is 1.49. The number of alkyl halides is 3. The zero-order valence-corrected chi connectivity index (χ0v) is 9.93. The summed E-state index contributed by atoms with van der Waals surface area (Å²) >= 11 is 5.57. The van der Waals surface area contributed by atoms with Gasteiger partial charge in [-0.1, -0.05) is 11.6 Å². The fourth-order valence-electron chi connectivity index (χ4n) is 1.34. The van der Waals surface area contributed by atoms with Crippen molar-refractivity contribution in [3.8, 4) is 0 Å². The number of anilines is 2. The van der Waals surface area contributed by atoms with Crippen LogP contribution in [0.1, 0.15) is 5.56 Å². The summed E-state index contributed by atoms with van der Waals surface area (Å²) < 4.78 is 50.9. The predicted molar refractivity (Wildman–Crippen MR) is 61.7 cm³/mol. The van der Waals surface area contributed by atoms with E-state index >= 15 is 0 Å². The summed E-state index contributed by atoms with van der Waals surface area (Å²) in [6.45, 7) is 0. The van der Waals surface area contributed by atoms with Crippen LogP contribution in [-0.4, -0.2) is 9.97 Å². The van der Waals surface area contributed by atoms with Crippen molar-refractivity contribution in [2.75, 3.05) is 5.32 Å². The standard InChI is InChI=1S/C11H6ClF4N3/c12-9-4-17-5-10(19-9)18-8-3-6(11(14,15)16)1-2-7(8)13/h1-5H,(H,18,19). The van der Waals surface area contributed by atoms with Crippen LogP contribution in [0.2, 0.25) is 5.15 Å². The van der Waals surface area contributed by atoms with Gasteiger partial charge in [-0.2, -0.15) is 13.2 Å². The molecule has 1 aromatic heterocycles. The highest BCUT2D eigenvalue weighted by atomic mass is 35.5. The average Bonchev–Trinajstić information content (AvgIpc) is 2.30. The van der Waals surface area contributed by atoms with Crippen molar-refractivity contribution in [3.63, 3.8) is 0 Å². The molecule has 1 heterocycles. The molecule has 0 amide bonds. The Balaban J connectivity index is 2.34. The summed E-state index contributed by atoms with van der Waals surface area (Å²) in [7, 11) is 0. The molecular weight excluding hydrogens is 286 g/mol. The molecule has 3 nitrogen and oxygen atoms in total.